The van der Waals surface area contributed by atoms with Gasteiger partial charge in [-0.3, -0.25) is 4.79 Å². The highest BCUT2D eigenvalue weighted by Gasteiger charge is 2.23. The Balaban J connectivity index is 1.97. The summed E-state index contributed by atoms with van der Waals surface area (Å²) >= 11 is 1.60. The average molecular weight is 280 g/mol. The third-order valence-electron chi connectivity index (χ3n) is 3.39. The highest BCUT2D eigenvalue weighted by molar-refractivity contribution is 7.99. The standard InChI is InChI=1S/C13H20N4OS/c1-11(19-2)13(18)17-8-4-7-16(9-10-17)12-5-3-6-14-15-12/h3,5-6,11H,4,7-10H2,1-2H3. The van der Waals surface area contributed by atoms with Crippen molar-refractivity contribution < 1.29 is 4.79 Å². The van der Waals surface area contributed by atoms with E-state index < -0.39 is 0 Å². The van der Waals surface area contributed by atoms with Crippen LogP contribution in [0.25, 0.3) is 0 Å². The zero-order valence-corrected chi connectivity index (χ0v) is 12.3. The molecule has 1 aliphatic heterocycles. The summed E-state index contributed by atoms with van der Waals surface area (Å²) in [5, 5.41) is 8.09. The van der Waals surface area contributed by atoms with Crippen LogP contribution in [0, 0.1) is 0 Å². The minimum atomic E-state index is 0.0445. The smallest absolute Gasteiger partial charge is 0.235 e. The second kappa shape index (κ2) is 6.75. The van der Waals surface area contributed by atoms with Crippen LogP contribution in [0.4, 0.5) is 5.82 Å². The van der Waals surface area contributed by atoms with Gasteiger partial charge in [0.1, 0.15) is 0 Å². The zero-order chi connectivity index (χ0) is 13.7. The molecule has 19 heavy (non-hydrogen) atoms. The van der Waals surface area contributed by atoms with E-state index in [1.807, 2.05) is 30.2 Å². The molecule has 104 valence electrons. The molecule has 0 saturated carbocycles. The van der Waals surface area contributed by atoms with Gasteiger partial charge in [0.05, 0.1) is 5.25 Å². The first kappa shape index (κ1) is 14.1. The Kier molecular flexibility index (Phi) is 5.01. The number of carbonyl (C=O) groups is 1. The topological polar surface area (TPSA) is 49.3 Å². The van der Waals surface area contributed by atoms with E-state index in [0.29, 0.717) is 0 Å². The average Bonchev–Trinajstić information content (AvgIpc) is 2.72. The summed E-state index contributed by atoms with van der Waals surface area (Å²) in [6.45, 7) is 5.32. The maximum atomic E-state index is 12.2. The Morgan fingerprint density at radius 2 is 2.21 bits per heavy atom. The highest BCUT2D eigenvalue weighted by atomic mass is 32.2. The van der Waals surface area contributed by atoms with Gasteiger partial charge in [0, 0.05) is 32.4 Å². The number of carbonyl (C=O) groups excluding carboxylic acids is 1. The lowest BCUT2D eigenvalue weighted by Gasteiger charge is -2.24. The van der Waals surface area contributed by atoms with Crippen LogP contribution in [0.15, 0.2) is 18.3 Å². The van der Waals surface area contributed by atoms with Gasteiger partial charge in [0.25, 0.3) is 0 Å². The van der Waals surface area contributed by atoms with Gasteiger partial charge in [-0.1, -0.05) is 0 Å². The third-order valence-corrected chi connectivity index (χ3v) is 4.30. The number of hydrogen-bond acceptors (Lipinski definition) is 5. The van der Waals surface area contributed by atoms with E-state index in [0.717, 1.165) is 38.4 Å². The minimum Gasteiger partial charge on any atom is -0.353 e. The van der Waals surface area contributed by atoms with Crippen LogP contribution in [-0.2, 0) is 4.79 Å². The van der Waals surface area contributed by atoms with Crippen LogP contribution >= 0.6 is 11.8 Å². The number of rotatable bonds is 3. The van der Waals surface area contributed by atoms with Crippen LogP contribution in [0.1, 0.15) is 13.3 Å². The van der Waals surface area contributed by atoms with E-state index in [1.165, 1.54) is 0 Å². The molecule has 1 atom stereocenters. The van der Waals surface area contributed by atoms with Crippen LogP contribution in [0.2, 0.25) is 0 Å². The molecule has 0 spiro atoms. The lowest BCUT2D eigenvalue weighted by Crippen LogP contribution is -2.39. The van der Waals surface area contributed by atoms with Gasteiger partial charge in [-0.05, 0) is 31.7 Å². The largest absolute Gasteiger partial charge is 0.353 e. The van der Waals surface area contributed by atoms with E-state index in [2.05, 4.69) is 15.1 Å². The first-order chi connectivity index (χ1) is 9.22. The van der Waals surface area contributed by atoms with Gasteiger partial charge < -0.3 is 9.80 Å². The molecule has 0 aromatic carbocycles. The number of hydrogen-bond donors (Lipinski definition) is 0. The maximum Gasteiger partial charge on any atom is 0.235 e. The Hall–Kier alpha value is -1.30. The van der Waals surface area contributed by atoms with Gasteiger partial charge in [-0.15, -0.1) is 5.10 Å². The van der Waals surface area contributed by atoms with E-state index in [1.54, 1.807) is 18.0 Å². The molecule has 1 aromatic heterocycles. The number of anilines is 1. The van der Waals surface area contributed by atoms with Crippen molar-refractivity contribution in [2.45, 2.75) is 18.6 Å². The molecule has 5 nitrogen and oxygen atoms in total. The van der Waals surface area contributed by atoms with E-state index in [4.69, 9.17) is 0 Å². The first-order valence-electron chi connectivity index (χ1n) is 6.56. The van der Waals surface area contributed by atoms with E-state index in [-0.39, 0.29) is 11.2 Å². The molecule has 0 N–H and O–H groups in total. The summed E-state index contributed by atoms with van der Waals surface area (Å²) in [4.78, 5) is 16.4. The summed E-state index contributed by atoms with van der Waals surface area (Å²) in [7, 11) is 0. The second-order valence-corrected chi connectivity index (χ2v) is 5.80. The molecule has 0 bridgehead atoms. The first-order valence-corrected chi connectivity index (χ1v) is 7.85. The van der Waals surface area contributed by atoms with Crippen molar-refractivity contribution in [3.8, 4) is 0 Å². The summed E-state index contributed by atoms with van der Waals surface area (Å²) in [5.74, 6) is 1.14. The van der Waals surface area contributed by atoms with Crippen molar-refractivity contribution in [2.75, 3.05) is 37.3 Å². The summed E-state index contributed by atoms with van der Waals surface area (Å²) in [6, 6.07) is 3.86. The number of thioether (sulfide) groups is 1. The number of nitrogens with zero attached hydrogens (tertiary/aromatic N) is 4. The van der Waals surface area contributed by atoms with Crippen molar-refractivity contribution in [1.29, 1.82) is 0 Å². The van der Waals surface area contributed by atoms with Crippen LogP contribution < -0.4 is 4.90 Å². The molecule has 2 heterocycles. The van der Waals surface area contributed by atoms with Crippen molar-refractivity contribution in [2.24, 2.45) is 0 Å². The molecule has 1 unspecified atom stereocenters. The SMILES string of the molecule is CSC(C)C(=O)N1CCCN(c2cccnn2)CC1. The van der Waals surface area contributed by atoms with Crippen molar-refractivity contribution in [3.63, 3.8) is 0 Å². The molecule has 1 aromatic rings. The predicted molar refractivity (Wildman–Crippen MR) is 78.4 cm³/mol. The van der Waals surface area contributed by atoms with Crippen LogP contribution in [-0.4, -0.2) is 58.7 Å². The van der Waals surface area contributed by atoms with Gasteiger partial charge in [0.2, 0.25) is 5.91 Å². The number of aromatic nitrogens is 2. The summed E-state index contributed by atoms with van der Waals surface area (Å²) in [6.07, 6.45) is 4.63. The molecule has 6 heteroatoms. The summed E-state index contributed by atoms with van der Waals surface area (Å²) in [5.41, 5.74) is 0. The quantitative estimate of drug-likeness (QED) is 0.834. The monoisotopic (exact) mass is 280 g/mol. The van der Waals surface area contributed by atoms with Gasteiger partial charge >= 0.3 is 0 Å². The fraction of sp³-hybridized carbons (Fsp3) is 0.615. The molecule has 2 rings (SSSR count). The predicted octanol–water partition coefficient (Wildman–Crippen LogP) is 1.27. The van der Waals surface area contributed by atoms with E-state index >= 15 is 0 Å². The fourth-order valence-corrected chi connectivity index (χ4v) is 2.54. The minimum absolute atomic E-state index is 0.0445. The number of amides is 1. The fourth-order valence-electron chi connectivity index (χ4n) is 2.19. The highest BCUT2D eigenvalue weighted by Crippen LogP contribution is 2.15. The summed E-state index contributed by atoms with van der Waals surface area (Å²) < 4.78 is 0. The van der Waals surface area contributed by atoms with Crippen molar-refractivity contribution in [1.82, 2.24) is 15.1 Å². The Labute approximate surface area is 118 Å². The Bertz CT molecular complexity index is 414. The molecule has 1 aliphatic rings. The van der Waals surface area contributed by atoms with E-state index in [9.17, 15) is 4.79 Å². The Morgan fingerprint density at radius 1 is 1.37 bits per heavy atom. The lowest BCUT2D eigenvalue weighted by molar-refractivity contribution is -0.130. The van der Waals surface area contributed by atoms with Crippen molar-refractivity contribution >= 4 is 23.5 Å². The molecule has 1 saturated heterocycles. The molecular weight excluding hydrogens is 260 g/mol. The van der Waals surface area contributed by atoms with Crippen molar-refractivity contribution in [3.05, 3.63) is 18.3 Å². The second-order valence-electron chi connectivity index (χ2n) is 4.63. The maximum absolute atomic E-state index is 12.2. The third kappa shape index (κ3) is 3.59. The van der Waals surface area contributed by atoms with Gasteiger partial charge in [-0.25, -0.2) is 0 Å². The molecule has 0 aliphatic carbocycles. The molecule has 1 fully saturated rings. The molecule has 1 amide bonds. The molecule has 0 radical (unpaired) electrons. The van der Waals surface area contributed by atoms with Crippen LogP contribution in [0.5, 0.6) is 0 Å². The Morgan fingerprint density at radius 3 is 2.89 bits per heavy atom. The van der Waals surface area contributed by atoms with Gasteiger partial charge in [-0.2, -0.15) is 16.9 Å². The zero-order valence-electron chi connectivity index (χ0n) is 11.5. The molecular formula is C13H20N4OS. The van der Waals surface area contributed by atoms with Gasteiger partial charge in [0.15, 0.2) is 5.82 Å². The normalized spacial score (nSPS) is 18.0. The lowest BCUT2D eigenvalue weighted by atomic mass is 10.3. The van der Waals surface area contributed by atoms with Crippen LogP contribution in [0.3, 0.4) is 0 Å².